The molecule has 0 aliphatic carbocycles. The van der Waals surface area contributed by atoms with Crippen LogP contribution in [0.4, 0.5) is 30.6 Å². The Morgan fingerprint density at radius 2 is 1.77 bits per heavy atom. The summed E-state index contributed by atoms with van der Waals surface area (Å²) < 4.78 is 40.7. The van der Waals surface area contributed by atoms with Crippen LogP contribution in [-0.2, 0) is 0 Å². The van der Waals surface area contributed by atoms with Gasteiger partial charge in [-0.05, 0) is 55.0 Å². The molecule has 0 aliphatic rings. The Labute approximate surface area is 175 Å². The molecule has 0 unspecified atom stereocenters. The predicted molar refractivity (Wildman–Crippen MR) is 108 cm³/mol. The maximum absolute atomic E-state index is 12.3. The molecule has 0 aliphatic heterocycles. The maximum Gasteiger partial charge on any atom is 0.573 e. The number of pyridine rings is 1. The molecule has 8 nitrogen and oxygen atoms in total. The van der Waals surface area contributed by atoms with Gasteiger partial charge >= 0.3 is 6.36 Å². The third-order valence-electron chi connectivity index (χ3n) is 3.88. The summed E-state index contributed by atoms with van der Waals surface area (Å²) in [6, 6.07) is 12.1. The van der Waals surface area contributed by atoms with Crippen LogP contribution < -0.4 is 20.7 Å². The molecule has 1 amide bonds. The fraction of sp³-hybridized carbons (Fsp3) is 0.200. The van der Waals surface area contributed by atoms with E-state index in [9.17, 15) is 18.0 Å². The summed E-state index contributed by atoms with van der Waals surface area (Å²) in [5.41, 5.74) is 1.12. The maximum atomic E-state index is 12.3. The summed E-state index contributed by atoms with van der Waals surface area (Å²) in [6.45, 7) is 2.51. The Bertz CT molecular complexity index is 1030. The lowest BCUT2D eigenvalue weighted by molar-refractivity contribution is -0.274. The van der Waals surface area contributed by atoms with Crippen molar-refractivity contribution in [3.05, 3.63) is 65.9 Å². The first-order chi connectivity index (χ1) is 14.8. The second-order valence-corrected chi connectivity index (χ2v) is 6.41. The first-order valence-electron chi connectivity index (χ1n) is 9.20. The van der Waals surface area contributed by atoms with Gasteiger partial charge in [-0.3, -0.25) is 4.79 Å². The Balaban J connectivity index is 1.44. The van der Waals surface area contributed by atoms with Gasteiger partial charge in [-0.25, -0.2) is 4.98 Å². The zero-order chi connectivity index (χ0) is 22.3. The van der Waals surface area contributed by atoms with E-state index in [2.05, 4.69) is 35.9 Å². The van der Waals surface area contributed by atoms with E-state index in [1.165, 1.54) is 12.1 Å². The molecule has 0 spiro atoms. The molecule has 3 aromatic rings. The average molecular weight is 432 g/mol. The second kappa shape index (κ2) is 9.74. The number of amides is 1. The van der Waals surface area contributed by atoms with E-state index in [0.29, 0.717) is 24.0 Å². The molecule has 0 fully saturated rings. The van der Waals surface area contributed by atoms with Gasteiger partial charge in [-0.1, -0.05) is 6.07 Å². The number of hydrogen-bond donors (Lipinski definition) is 3. The Morgan fingerprint density at radius 3 is 2.48 bits per heavy atom. The number of halogens is 3. The van der Waals surface area contributed by atoms with Crippen molar-refractivity contribution in [1.82, 2.24) is 20.5 Å². The molecule has 0 saturated carbocycles. The second-order valence-electron chi connectivity index (χ2n) is 6.41. The normalized spacial score (nSPS) is 11.0. The molecule has 162 valence electrons. The van der Waals surface area contributed by atoms with Crippen molar-refractivity contribution < 1.29 is 22.7 Å². The average Bonchev–Trinajstić information content (AvgIpc) is 2.71. The number of nitrogens with zero attached hydrogens (tertiary/aromatic N) is 3. The largest absolute Gasteiger partial charge is 0.573 e. The summed E-state index contributed by atoms with van der Waals surface area (Å²) in [5, 5.41) is 16.7. The molecule has 31 heavy (non-hydrogen) atoms. The van der Waals surface area contributed by atoms with E-state index in [4.69, 9.17) is 0 Å². The van der Waals surface area contributed by atoms with Gasteiger partial charge in [0.2, 0.25) is 0 Å². The van der Waals surface area contributed by atoms with Gasteiger partial charge in [-0.2, -0.15) is 0 Å². The lowest BCUT2D eigenvalue weighted by Crippen LogP contribution is -2.29. The van der Waals surface area contributed by atoms with Crippen LogP contribution in [0.5, 0.6) is 5.75 Å². The first kappa shape index (κ1) is 21.8. The molecule has 3 N–H and O–H groups in total. The van der Waals surface area contributed by atoms with Gasteiger partial charge in [0.1, 0.15) is 17.4 Å². The fourth-order valence-corrected chi connectivity index (χ4v) is 2.53. The van der Waals surface area contributed by atoms with Gasteiger partial charge in [-0.15, -0.1) is 23.4 Å². The van der Waals surface area contributed by atoms with Crippen LogP contribution in [0.15, 0.2) is 54.7 Å². The minimum Gasteiger partial charge on any atom is -0.406 e. The number of alkyl halides is 3. The number of nitrogens with one attached hydrogen (secondary N) is 3. The molecule has 3 rings (SSSR count). The zero-order valence-electron chi connectivity index (χ0n) is 16.4. The number of carbonyl (C=O) groups excluding carboxylic acids is 1. The minimum absolute atomic E-state index is 0.0572. The lowest BCUT2D eigenvalue weighted by atomic mass is 10.2. The quantitative estimate of drug-likeness (QED) is 0.467. The van der Waals surface area contributed by atoms with E-state index >= 15 is 0 Å². The third kappa shape index (κ3) is 7.14. The summed E-state index contributed by atoms with van der Waals surface area (Å²) in [5.74, 6) is 0.701. The molecule has 11 heteroatoms. The highest BCUT2D eigenvalue weighted by Gasteiger charge is 2.31. The van der Waals surface area contributed by atoms with E-state index in [0.717, 1.165) is 17.7 Å². The van der Waals surface area contributed by atoms with Crippen molar-refractivity contribution in [2.24, 2.45) is 0 Å². The molecule has 0 atom stereocenters. The number of aryl methyl sites for hydroxylation is 1. The van der Waals surface area contributed by atoms with Gasteiger partial charge in [0, 0.05) is 24.8 Å². The Kier molecular flexibility index (Phi) is 6.85. The van der Waals surface area contributed by atoms with Crippen LogP contribution >= 0.6 is 0 Å². The van der Waals surface area contributed by atoms with E-state index in [-0.39, 0.29) is 12.1 Å². The van der Waals surface area contributed by atoms with Crippen molar-refractivity contribution >= 4 is 23.4 Å². The van der Waals surface area contributed by atoms with Crippen LogP contribution in [0.2, 0.25) is 0 Å². The number of aromatic nitrogens is 3. The highest BCUT2D eigenvalue weighted by atomic mass is 19.4. The van der Waals surface area contributed by atoms with E-state index in [1.807, 2.05) is 19.1 Å². The molecule has 0 bridgehead atoms. The van der Waals surface area contributed by atoms with Crippen LogP contribution in [0, 0.1) is 6.92 Å². The minimum atomic E-state index is -4.82. The van der Waals surface area contributed by atoms with Crippen LogP contribution in [0.1, 0.15) is 15.9 Å². The van der Waals surface area contributed by atoms with Gasteiger partial charge in [0.15, 0.2) is 5.82 Å². The van der Waals surface area contributed by atoms with Crippen LogP contribution in [0.3, 0.4) is 0 Å². The Hall–Kier alpha value is -3.89. The van der Waals surface area contributed by atoms with Crippen molar-refractivity contribution in [3.8, 4) is 5.75 Å². The number of rotatable bonds is 8. The summed E-state index contributed by atoms with van der Waals surface area (Å²) in [4.78, 5) is 16.3. The monoisotopic (exact) mass is 432 g/mol. The third-order valence-corrected chi connectivity index (χ3v) is 3.88. The molecule has 2 aromatic heterocycles. The van der Waals surface area contributed by atoms with Crippen molar-refractivity contribution in [2.75, 3.05) is 23.7 Å². The summed E-state index contributed by atoms with van der Waals surface area (Å²) >= 11 is 0. The van der Waals surface area contributed by atoms with E-state index in [1.54, 1.807) is 18.3 Å². The number of benzene rings is 1. The van der Waals surface area contributed by atoms with Gasteiger partial charge in [0.25, 0.3) is 5.91 Å². The molecular formula is C20H19F3N6O2. The van der Waals surface area contributed by atoms with Crippen molar-refractivity contribution in [1.29, 1.82) is 0 Å². The SMILES string of the molecule is Cc1ccnc(Nc2ccc(NCCNC(=O)c3cccc(OC(F)(F)F)c3)nn2)c1. The lowest BCUT2D eigenvalue weighted by Gasteiger charge is -2.11. The van der Waals surface area contributed by atoms with Crippen LogP contribution in [0.25, 0.3) is 0 Å². The summed E-state index contributed by atoms with van der Waals surface area (Å²) in [7, 11) is 0. The molecule has 0 saturated heterocycles. The highest BCUT2D eigenvalue weighted by Crippen LogP contribution is 2.23. The zero-order valence-corrected chi connectivity index (χ0v) is 16.4. The molecular weight excluding hydrogens is 413 g/mol. The number of carbonyl (C=O) groups is 1. The Morgan fingerprint density at radius 1 is 1.00 bits per heavy atom. The topological polar surface area (TPSA) is 101 Å². The predicted octanol–water partition coefficient (Wildman–Crippen LogP) is 3.66. The highest BCUT2D eigenvalue weighted by molar-refractivity contribution is 5.94. The summed E-state index contributed by atoms with van der Waals surface area (Å²) in [6.07, 6.45) is -3.13. The number of anilines is 3. The number of hydrogen-bond acceptors (Lipinski definition) is 7. The van der Waals surface area contributed by atoms with Gasteiger partial charge in [0.05, 0.1) is 0 Å². The van der Waals surface area contributed by atoms with Gasteiger partial charge < -0.3 is 20.7 Å². The molecule has 1 aromatic carbocycles. The van der Waals surface area contributed by atoms with Crippen LogP contribution in [-0.4, -0.2) is 40.5 Å². The molecule has 2 heterocycles. The van der Waals surface area contributed by atoms with Crippen molar-refractivity contribution in [3.63, 3.8) is 0 Å². The standard InChI is InChI=1S/C20H19F3N6O2/c1-13-7-8-24-18(11-13)27-17-6-5-16(28-29-17)25-9-10-26-19(30)14-3-2-4-15(12-14)31-20(21,22)23/h2-8,11-12H,9-10H2,1H3,(H,25,28)(H,26,30)(H,24,27,29). The number of ether oxygens (including phenoxy) is 1. The van der Waals surface area contributed by atoms with Crippen molar-refractivity contribution in [2.45, 2.75) is 13.3 Å². The van der Waals surface area contributed by atoms with E-state index < -0.39 is 18.0 Å². The first-order valence-corrected chi connectivity index (χ1v) is 9.20. The fourth-order valence-electron chi connectivity index (χ4n) is 2.53. The molecule has 0 radical (unpaired) electrons. The smallest absolute Gasteiger partial charge is 0.406 e.